The molecule has 0 aliphatic heterocycles. The molecular weight excluding hydrogens is 212 g/mol. The molecule has 16 heavy (non-hydrogen) atoms. The Bertz CT molecular complexity index is 411. The zero-order chi connectivity index (χ0) is 12.5. The highest BCUT2D eigenvalue weighted by atomic mass is 16.4. The van der Waals surface area contributed by atoms with E-state index in [1.807, 2.05) is 0 Å². The predicted octanol–water partition coefficient (Wildman–Crippen LogP) is 0.821. The van der Waals surface area contributed by atoms with E-state index in [0.717, 1.165) is 6.07 Å². The molecule has 1 atom stereocenters. The highest BCUT2D eigenvalue weighted by Gasteiger charge is 2.37. The third-order valence-corrected chi connectivity index (χ3v) is 2.59. The third-order valence-electron chi connectivity index (χ3n) is 2.59. The van der Waals surface area contributed by atoms with Gasteiger partial charge in [0.05, 0.1) is 0 Å². The van der Waals surface area contributed by atoms with Crippen molar-refractivity contribution >= 4 is 5.97 Å². The van der Waals surface area contributed by atoms with Gasteiger partial charge in [-0.15, -0.1) is 0 Å². The SMILES string of the molecule is CC(C)(c1ccc(O)cc1O)C(O)C(=O)O. The molecule has 0 spiro atoms. The quantitative estimate of drug-likeness (QED) is 0.611. The number of benzene rings is 1. The van der Waals surface area contributed by atoms with Crippen LogP contribution >= 0.6 is 0 Å². The van der Waals surface area contributed by atoms with Crippen LogP contribution in [0, 0.1) is 0 Å². The maximum absolute atomic E-state index is 10.7. The van der Waals surface area contributed by atoms with Crippen molar-refractivity contribution in [3.63, 3.8) is 0 Å². The number of aromatic hydroxyl groups is 2. The van der Waals surface area contributed by atoms with Gasteiger partial charge in [-0.3, -0.25) is 0 Å². The molecule has 0 bridgehead atoms. The van der Waals surface area contributed by atoms with Gasteiger partial charge in [0.2, 0.25) is 0 Å². The second-order valence-electron chi connectivity index (χ2n) is 4.16. The van der Waals surface area contributed by atoms with Crippen LogP contribution in [0.15, 0.2) is 18.2 Å². The first kappa shape index (κ1) is 12.3. The van der Waals surface area contributed by atoms with E-state index in [-0.39, 0.29) is 17.1 Å². The van der Waals surface area contributed by atoms with Gasteiger partial charge < -0.3 is 20.4 Å². The van der Waals surface area contributed by atoms with Gasteiger partial charge in [0, 0.05) is 17.0 Å². The van der Waals surface area contributed by atoms with Crippen molar-refractivity contribution in [3.8, 4) is 11.5 Å². The van der Waals surface area contributed by atoms with Gasteiger partial charge in [-0.25, -0.2) is 4.79 Å². The molecule has 1 aromatic carbocycles. The van der Waals surface area contributed by atoms with Gasteiger partial charge in [-0.05, 0) is 6.07 Å². The summed E-state index contributed by atoms with van der Waals surface area (Å²) in [6, 6.07) is 3.81. The molecule has 1 unspecified atom stereocenters. The van der Waals surface area contributed by atoms with Crippen molar-refractivity contribution in [3.05, 3.63) is 23.8 Å². The van der Waals surface area contributed by atoms with Crippen LogP contribution in [0.3, 0.4) is 0 Å². The lowest BCUT2D eigenvalue weighted by Gasteiger charge is -2.28. The zero-order valence-corrected chi connectivity index (χ0v) is 9.01. The van der Waals surface area contributed by atoms with Crippen molar-refractivity contribution in [1.29, 1.82) is 0 Å². The lowest BCUT2D eigenvalue weighted by Crippen LogP contribution is -2.39. The van der Waals surface area contributed by atoms with E-state index in [1.165, 1.54) is 26.0 Å². The van der Waals surface area contributed by atoms with Gasteiger partial charge in [0.25, 0.3) is 0 Å². The van der Waals surface area contributed by atoms with Crippen LogP contribution in [0.2, 0.25) is 0 Å². The summed E-state index contributed by atoms with van der Waals surface area (Å²) in [6.45, 7) is 3.00. The molecule has 0 aromatic heterocycles. The fraction of sp³-hybridized carbons (Fsp3) is 0.364. The summed E-state index contributed by atoms with van der Waals surface area (Å²) in [5.74, 6) is -1.73. The van der Waals surface area contributed by atoms with E-state index in [2.05, 4.69) is 0 Å². The van der Waals surface area contributed by atoms with Crippen molar-refractivity contribution in [2.24, 2.45) is 0 Å². The number of carboxylic acids is 1. The smallest absolute Gasteiger partial charge is 0.333 e. The molecule has 5 nitrogen and oxygen atoms in total. The summed E-state index contributed by atoms with van der Waals surface area (Å²) in [5.41, 5.74) is -0.885. The van der Waals surface area contributed by atoms with E-state index in [4.69, 9.17) is 10.2 Å². The van der Waals surface area contributed by atoms with Crippen molar-refractivity contribution in [2.45, 2.75) is 25.4 Å². The number of aliphatic hydroxyl groups excluding tert-OH is 1. The van der Waals surface area contributed by atoms with Crippen LogP contribution in [0.25, 0.3) is 0 Å². The fourth-order valence-corrected chi connectivity index (χ4v) is 1.52. The van der Waals surface area contributed by atoms with Gasteiger partial charge in [0.15, 0.2) is 6.10 Å². The Labute approximate surface area is 92.6 Å². The number of hydrogen-bond donors (Lipinski definition) is 4. The molecule has 0 aliphatic carbocycles. The molecule has 0 aliphatic rings. The lowest BCUT2D eigenvalue weighted by molar-refractivity contribution is -0.150. The molecule has 1 aromatic rings. The zero-order valence-electron chi connectivity index (χ0n) is 9.01. The highest BCUT2D eigenvalue weighted by molar-refractivity contribution is 5.74. The maximum Gasteiger partial charge on any atom is 0.333 e. The van der Waals surface area contributed by atoms with Gasteiger partial charge in [-0.2, -0.15) is 0 Å². The minimum absolute atomic E-state index is 0.123. The lowest BCUT2D eigenvalue weighted by atomic mass is 9.79. The third kappa shape index (κ3) is 2.09. The van der Waals surface area contributed by atoms with Crippen LogP contribution in [0.1, 0.15) is 19.4 Å². The molecule has 0 saturated heterocycles. The number of aliphatic hydroxyl groups is 1. The summed E-state index contributed by atoms with van der Waals surface area (Å²) in [5, 5.41) is 37.0. The van der Waals surface area contributed by atoms with E-state index < -0.39 is 17.5 Å². The minimum Gasteiger partial charge on any atom is -0.508 e. The number of phenols is 2. The summed E-state index contributed by atoms with van der Waals surface area (Å²) in [7, 11) is 0. The Balaban J connectivity index is 3.21. The van der Waals surface area contributed by atoms with Gasteiger partial charge >= 0.3 is 5.97 Å². The fourth-order valence-electron chi connectivity index (χ4n) is 1.52. The average molecular weight is 226 g/mol. The van der Waals surface area contributed by atoms with E-state index in [9.17, 15) is 15.0 Å². The van der Waals surface area contributed by atoms with Gasteiger partial charge in [-0.1, -0.05) is 19.9 Å². The summed E-state index contributed by atoms with van der Waals surface area (Å²) in [4.78, 5) is 10.7. The second kappa shape index (κ2) is 4.02. The monoisotopic (exact) mass is 226 g/mol. The maximum atomic E-state index is 10.7. The normalized spacial score (nSPS) is 13.4. The van der Waals surface area contributed by atoms with Crippen LogP contribution in [-0.2, 0) is 10.2 Å². The minimum atomic E-state index is -1.64. The first-order chi connectivity index (χ1) is 7.26. The first-order valence-electron chi connectivity index (χ1n) is 4.70. The molecule has 0 fully saturated rings. The van der Waals surface area contributed by atoms with Crippen molar-refractivity contribution in [2.75, 3.05) is 0 Å². The predicted molar refractivity (Wildman–Crippen MR) is 56.4 cm³/mol. The van der Waals surface area contributed by atoms with Crippen molar-refractivity contribution < 1.29 is 25.2 Å². The van der Waals surface area contributed by atoms with Gasteiger partial charge in [0.1, 0.15) is 11.5 Å². The average Bonchev–Trinajstić information content (AvgIpc) is 2.15. The molecule has 5 heteroatoms. The molecule has 0 heterocycles. The number of phenolic OH excluding ortho intramolecular Hbond substituents is 2. The highest BCUT2D eigenvalue weighted by Crippen LogP contribution is 2.35. The van der Waals surface area contributed by atoms with E-state index in [1.54, 1.807) is 0 Å². The molecule has 0 amide bonds. The summed E-state index contributed by atoms with van der Waals surface area (Å²) < 4.78 is 0. The van der Waals surface area contributed by atoms with Crippen LogP contribution < -0.4 is 0 Å². The molecule has 0 saturated carbocycles. The standard InChI is InChI=1S/C11H14O5/c1-11(2,9(14)10(15)16)7-4-3-6(12)5-8(7)13/h3-5,9,12-14H,1-2H3,(H,15,16). The Morgan fingerprint density at radius 3 is 2.31 bits per heavy atom. The molecular formula is C11H14O5. The molecule has 88 valence electrons. The topological polar surface area (TPSA) is 98.0 Å². The summed E-state index contributed by atoms with van der Waals surface area (Å²) in [6.07, 6.45) is -1.64. The number of carboxylic acid groups (broad SMARTS) is 1. The van der Waals surface area contributed by atoms with E-state index in [0.29, 0.717) is 0 Å². The number of rotatable bonds is 3. The Kier molecular flexibility index (Phi) is 3.09. The van der Waals surface area contributed by atoms with Crippen LogP contribution in [0.4, 0.5) is 0 Å². The number of aliphatic carboxylic acids is 1. The molecule has 0 radical (unpaired) electrons. The number of hydrogen-bond acceptors (Lipinski definition) is 4. The first-order valence-corrected chi connectivity index (χ1v) is 4.70. The molecule has 4 N–H and O–H groups in total. The van der Waals surface area contributed by atoms with E-state index >= 15 is 0 Å². The summed E-state index contributed by atoms with van der Waals surface area (Å²) >= 11 is 0. The Morgan fingerprint density at radius 1 is 1.31 bits per heavy atom. The number of carbonyl (C=O) groups is 1. The molecule has 1 rings (SSSR count). The van der Waals surface area contributed by atoms with Crippen LogP contribution in [0.5, 0.6) is 11.5 Å². The van der Waals surface area contributed by atoms with Crippen LogP contribution in [-0.4, -0.2) is 32.5 Å². The Hall–Kier alpha value is -1.75. The largest absolute Gasteiger partial charge is 0.508 e. The van der Waals surface area contributed by atoms with Crippen molar-refractivity contribution in [1.82, 2.24) is 0 Å². The Morgan fingerprint density at radius 2 is 1.88 bits per heavy atom. The second-order valence-corrected chi connectivity index (χ2v) is 4.16.